The third-order valence-corrected chi connectivity index (χ3v) is 7.47. The Hall–Kier alpha value is -3.64. The Morgan fingerprint density at radius 3 is 2.81 bits per heavy atom. The van der Waals surface area contributed by atoms with E-state index in [0.717, 1.165) is 24.8 Å². The molecule has 11 nitrogen and oxygen atoms in total. The molecule has 0 radical (unpaired) electrons. The van der Waals surface area contributed by atoms with Crippen LogP contribution in [0.25, 0.3) is 5.65 Å². The zero-order valence-electron chi connectivity index (χ0n) is 20.2. The summed E-state index contributed by atoms with van der Waals surface area (Å²) in [4.78, 5) is 31.8. The number of hydrogen-bond donors (Lipinski definition) is 2. The van der Waals surface area contributed by atoms with Crippen molar-refractivity contribution in [1.82, 2.24) is 40.4 Å². The van der Waals surface area contributed by atoms with Crippen molar-refractivity contribution in [3.8, 4) is 0 Å². The third-order valence-electron chi connectivity index (χ3n) is 7.47. The van der Waals surface area contributed by atoms with Crippen molar-refractivity contribution in [2.75, 3.05) is 13.1 Å². The molecule has 196 valence electrons. The summed E-state index contributed by atoms with van der Waals surface area (Å²) in [5.74, 6) is -3.21. The Morgan fingerprint density at radius 2 is 2.05 bits per heavy atom. The lowest BCUT2D eigenvalue weighted by Crippen LogP contribution is -2.45. The Bertz CT molecular complexity index is 1310. The van der Waals surface area contributed by atoms with E-state index >= 15 is 0 Å². The van der Waals surface area contributed by atoms with Crippen LogP contribution in [0.3, 0.4) is 0 Å². The zero-order valence-corrected chi connectivity index (χ0v) is 20.2. The molecule has 6 rings (SSSR count). The van der Waals surface area contributed by atoms with E-state index in [1.807, 2.05) is 6.07 Å². The standard InChI is InChI=1S/C24H28F2N8O3/c25-24(26)6-4-16(5-7-24)19(30-22(35)21-20(15-2-3-15)31-37-32-21)17-13-34-18(29-17)10-14(11-28-34)12-33-9-1-8-27-23(33)36/h10-11,13,15-16,19H,1-9,12H2,(H,27,36)(H,30,35). The molecule has 0 aromatic carbocycles. The van der Waals surface area contributed by atoms with Gasteiger partial charge in [-0.05, 0) is 54.8 Å². The van der Waals surface area contributed by atoms with Crippen LogP contribution >= 0.6 is 0 Å². The molecule has 3 amide bonds. The molecule has 13 heteroatoms. The van der Waals surface area contributed by atoms with Gasteiger partial charge in [0.25, 0.3) is 5.91 Å². The van der Waals surface area contributed by atoms with Gasteiger partial charge in [0.1, 0.15) is 5.69 Å². The summed E-state index contributed by atoms with van der Waals surface area (Å²) in [5.41, 5.74) is 2.58. The van der Waals surface area contributed by atoms with Crippen molar-refractivity contribution in [3.63, 3.8) is 0 Å². The largest absolute Gasteiger partial charge is 0.342 e. The van der Waals surface area contributed by atoms with Crippen LogP contribution in [-0.4, -0.2) is 60.8 Å². The maximum atomic E-state index is 13.9. The zero-order chi connectivity index (χ0) is 25.6. The highest BCUT2D eigenvalue weighted by molar-refractivity contribution is 5.93. The van der Waals surface area contributed by atoms with E-state index in [2.05, 4.69) is 26.0 Å². The SMILES string of the molecule is O=C(NC(c1cn2ncc(CN3CCCNC3=O)cc2n1)C1CCC(F)(F)CC1)c1nonc1C1CC1. The molecule has 2 saturated carbocycles. The number of carbonyl (C=O) groups excluding carboxylic acids is 2. The fourth-order valence-electron chi connectivity index (χ4n) is 5.24. The maximum Gasteiger partial charge on any atom is 0.317 e. The summed E-state index contributed by atoms with van der Waals surface area (Å²) in [6, 6.07) is 1.13. The maximum absolute atomic E-state index is 13.9. The molecule has 37 heavy (non-hydrogen) atoms. The van der Waals surface area contributed by atoms with Gasteiger partial charge in [0.05, 0.1) is 24.1 Å². The van der Waals surface area contributed by atoms with E-state index in [0.29, 0.717) is 36.7 Å². The van der Waals surface area contributed by atoms with Crippen LogP contribution in [0.4, 0.5) is 13.6 Å². The quantitative estimate of drug-likeness (QED) is 0.495. The first-order chi connectivity index (χ1) is 17.9. The number of nitrogens with one attached hydrogen (secondary N) is 2. The fourth-order valence-corrected chi connectivity index (χ4v) is 5.24. The minimum absolute atomic E-state index is 0.111. The first-order valence-corrected chi connectivity index (χ1v) is 12.7. The van der Waals surface area contributed by atoms with Gasteiger partial charge in [0.2, 0.25) is 5.92 Å². The van der Waals surface area contributed by atoms with Crippen LogP contribution in [0, 0.1) is 5.92 Å². The summed E-state index contributed by atoms with van der Waals surface area (Å²) in [7, 11) is 0. The van der Waals surface area contributed by atoms with E-state index in [1.54, 1.807) is 21.8 Å². The predicted octanol–water partition coefficient (Wildman–Crippen LogP) is 3.20. The topological polar surface area (TPSA) is 131 Å². The van der Waals surface area contributed by atoms with Crippen molar-refractivity contribution in [2.45, 2.75) is 69.4 Å². The molecule has 1 atom stereocenters. The number of carbonyl (C=O) groups is 2. The van der Waals surface area contributed by atoms with Crippen LogP contribution in [0.1, 0.15) is 84.3 Å². The van der Waals surface area contributed by atoms with E-state index in [4.69, 9.17) is 9.61 Å². The highest BCUT2D eigenvalue weighted by Crippen LogP contribution is 2.42. The second-order valence-corrected chi connectivity index (χ2v) is 10.3. The Morgan fingerprint density at radius 1 is 1.24 bits per heavy atom. The summed E-state index contributed by atoms with van der Waals surface area (Å²) in [6.45, 7) is 1.73. The smallest absolute Gasteiger partial charge is 0.317 e. The fraction of sp³-hybridized carbons (Fsp3) is 0.583. The summed E-state index contributed by atoms with van der Waals surface area (Å²) >= 11 is 0. The molecule has 3 aromatic heterocycles. The number of aromatic nitrogens is 5. The normalized spacial score (nSPS) is 21.1. The van der Waals surface area contributed by atoms with E-state index in [1.165, 1.54) is 0 Å². The van der Waals surface area contributed by atoms with Crippen molar-refractivity contribution in [3.05, 3.63) is 41.1 Å². The first kappa shape index (κ1) is 23.7. The minimum atomic E-state index is -2.70. The van der Waals surface area contributed by atoms with Gasteiger partial charge in [-0.15, -0.1) is 0 Å². The van der Waals surface area contributed by atoms with Crippen LogP contribution in [-0.2, 0) is 6.54 Å². The lowest BCUT2D eigenvalue weighted by atomic mass is 9.81. The summed E-state index contributed by atoms with van der Waals surface area (Å²) in [5, 5.41) is 18.0. The van der Waals surface area contributed by atoms with Gasteiger partial charge in [-0.25, -0.2) is 27.7 Å². The highest BCUT2D eigenvalue weighted by Gasteiger charge is 2.40. The highest BCUT2D eigenvalue weighted by atomic mass is 19.3. The number of fused-ring (bicyclic) bond motifs is 1. The molecule has 1 unspecified atom stereocenters. The van der Waals surface area contributed by atoms with Crippen LogP contribution in [0.2, 0.25) is 0 Å². The third kappa shape index (κ3) is 4.98. The predicted molar refractivity (Wildman–Crippen MR) is 125 cm³/mol. The monoisotopic (exact) mass is 514 g/mol. The summed E-state index contributed by atoms with van der Waals surface area (Å²) < 4.78 is 34.3. The lowest BCUT2D eigenvalue weighted by molar-refractivity contribution is -0.0495. The van der Waals surface area contributed by atoms with Gasteiger partial charge >= 0.3 is 6.03 Å². The molecule has 3 aromatic rings. The van der Waals surface area contributed by atoms with Crippen molar-refractivity contribution in [1.29, 1.82) is 0 Å². The van der Waals surface area contributed by atoms with Crippen molar-refractivity contribution in [2.24, 2.45) is 5.92 Å². The second kappa shape index (κ2) is 9.34. The molecule has 3 aliphatic rings. The van der Waals surface area contributed by atoms with Crippen LogP contribution in [0.5, 0.6) is 0 Å². The number of urea groups is 1. The Labute approximate surface area is 210 Å². The molecule has 4 heterocycles. The molecule has 1 saturated heterocycles. The van der Waals surface area contributed by atoms with Crippen LogP contribution in [0.15, 0.2) is 23.1 Å². The number of alkyl halides is 2. The lowest BCUT2D eigenvalue weighted by Gasteiger charge is -2.33. The van der Waals surface area contributed by atoms with E-state index in [-0.39, 0.29) is 49.2 Å². The average Bonchev–Trinajstić information content (AvgIpc) is 3.44. The number of halogens is 2. The van der Waals surface area contributed by atoms with Crippen molar-refractivity contribution >= 4 is 17.6 Å². The second-order valence-electron chi connectivity index (χ2n) is 10.3. The molecule has 3 fully saturated rings. The molecular formula is C24H28F2N8O3. The molecule has 2 aliphatic carbocycles. The first-order valence-electron chi connectivity index (χ1n) is 12.7. The van der Waals surface area contributed by atoms with E-state index < -0.39 is 17.9 Å². The number of amides is 3. The Kier molecular flexibility index (Phi) is 6.00. The number of hydrogen-bond acceptors (Lipinski definition) is 7. The number of imidazole rings is 1. The van der Waals surface area contributed by atoms with Gasteiger partial charge < -0.3 is 15.5 Å². The number of rotatable bonds is 7. The van der Waals surface area contributed by atoms with Gasteiger partial charge in [0, 0.05) is 38.4 Å². The van der Waals surface area contributed by atoms with Gasteiger partial charge in [-0.2, -0.15) is 5.10 Å². The molecular weight excluding hydrogens is 486 g/mol. The number of nitrogens with zero attached hydrogens (tertiary/aromatic N) is 6. The van der Waals surface area contributed by atoms with Gasteiger partial charge in [0.15, 0.2) is 11.3 Å². The van der Waals surface area contributed by atoms with Crippen LogP contribution < -0.4 is 10.6 Å². The summed E-state index contributed by atoms with van der Waals surface area (Å²) in [6.07, 6.45) is 6.14. The van der Waals surface area contributed by atoms with Crippen molar-refractivity contribution < 1.29 is 23.0 Å². The van der Waals surface area contributed by atoms with Gasteiger partial charge in [-0.1, -0.05) is 5.16 Å². The molecule has 2 N–H and O–H groups in total. The molecule has 0 spiro atoms. The molecule has 1 aliphatic heterocycles. The minimum Gasteiger partial charge on any atom is -0.342 e. The Balaban J connectivity index is 1.27. The van der Waals surface area contributed by atoms with Gasteiger partial charge in [-0.3, -0.25) is 4.79 Å². The van der Waals surface area contributed by atoms with E-state index in [9.17, 15) is 18.4 Å². The average molecular weight is 515 g/mol. The molecule has 0 bridgehead atoms.